The molecule has 0 radical (unpaired) electrons. The van der Waals surface area contributed by atoms with E-state index in [4.69, 9.17) is 9.16 Å². The van der Waals surface area contributed by atoms with Crippen LogP contribution in [0.2, 0.25) is 19.6 Å². The fourth-order valence-corrected chi connectivity index (χ4v) is 2.12. The van der Waals surface area contributed by atoms with Gasteiger partial charge < -0.3 is 9.16 Å². The van der Waals surface area contributed by atoms with Crippen LogP contribution < -0.4 is 0 Å². The van der Waals surface area contributed by atoms with Crippen molar-refractivity contribution in [1.29, 1.82) is 0 Å². The molecule has 0 bridgehead atoms. The molecule has 4 heteroatoms. The van der Waals surface area contributed by atoms with Gasteiger partial charge in [-0.15, -0.1) is 0 Å². The van der Waals surface area contributed by atoms with E-state index in [1.54, 1.807) is 6.92 Å². The molecule has 0 saturated carbocycles. The number of carbonyl (C=O) groups is 1. The monoisotopic (exact) mass is 218 g/mol. The van der Waals surface area contributed by atoms with Crippen LogP contribution in [-0.2, 0) is 14.0 Å². The largest absolute Gasteiger partial charge is 0.458 e. The molecule has 0 N–H and O–H groups in total. The van der Waals surface area contributed by atoms with Crippen LogP contribution in [0.4, 0.5) is 0 Å². The molecule has 84 valence electrons. The average molecular weight is 218 g/mol. The molecule has 0 aromatic rings. The quantitative estimate of drug-likeness (QED) is 0.539. The van der Waals surface area contributed by atoms with Crippen LogP contribution in [0.15, 0.2) is 0 Å². The van der Waals surface area contributed by atoms with E-state index in [2.05, 4.69) is 0 Å². The topological polar surface area (TPSA) is 35.5 Å². The first-order valence-electron chi connectivity index (χ1n) is 4.92. The van der Waals surface area contributed by atoms with Gasteiger partial charge in [0.15, 0.2) is 8.32 Å². The minimum Gasteiger partial charge on any atom is -0.458 e. The Kier molecular flexibility index (Phi) is 4.33. The Hall–Kier alpha value is -0.353. The van der Waals surface area contributed by atoms with E-state index in [9.17, 15) is 4.79 Å². The van der Waals surface area contributed by atoms with Gasteiger partial charge >= 0.3 is 5.97 Å². The molecule has 1 atom stereocenters. The summed E-state index contributed by atoms with van der Waals surface area (Å²) in [6, 6.07) is 0. The molecule has 0 spiro atoms. The second kappa shape index (κ2) is 4.44. The second-order valence-electron chi connectivity index (χ2n) is 5.41. The van der Waals surface area contributed by atoms with Crippen molar-refractivity contribution in [3.8, 4) is 0 Å². The zero-order chi connectivity index (χ0) is 11.6. The van der Waals surface area contributed by atoms with Gasteiger partial charge in [0.1, 0.15) is 11.7 Å². The highest BCUT2D eigenvalue weighted by Crippen LogP contribution is 2.13. The van der Waals surface area contributed by atoms with Gasteiger partial charge in [0, 0.05) is 0 Å². The van der Waals surface area contributed by atoms with Crippen molar-refractivity contribution in [2.75, 3.05) is 0 Å². The van der Waals surface area contributed by atoms with Crippen LogP contribution in [-0.4, -0.2) is 26.0 Å². The molecule has 0 aliphatic rings. The molecule has 0 aliphatic heterocycles. The minimum atomic E-state index is -1.66. The lowest BCUT2D eigenvalue weighted by Crippen LogP contribution is -2.38. The van der Waals surface area contributed by atoms with Gasteiger partial charge in [-0.2, -0.15) is 0 Å². The highest BCUT2D eigenvalue weighted by Gasteiger charge is 2.26. The highest BCUT2D eigenvalue weighted by molar-refractivity contribution is 6.69. The lowest BCUT2D eigenvalue weighted by molar-refractivity contribution is -0.162. The molecular weight excluding hydrogens is 196 g/mol. The van der Waals surface area contributed by atoms with Gasteiger partial charge in [0.25, 0.3) is 0 Å². The van der Waals surface area contributed by atoms with Gasteiger partial charge in [-0.05, 0) is 47.3 Å². The number of hydrogen-bond donors (Lipinski definition) is 0. The van der Waals surface area contributed by atoms with E-state index in [0.29, 0.717) is 0 Å². The van der Waals surface area contributed by atoms with Crippen molar-refractivity contribution >= 4 is 14.3 Å². The fraction of sp³-hybridized carbons (Fsp3) is 0.900. The predicted octanol–water partition coefficient (Wildman–Crippen LogP) is 2.57. The summed E-state index contributed by atoms with van der Waals surface area (Å²) in [6.07, 6.45) is -0.458. The van der Waals surface area contributed by atoms with Gasteiger partial charge in [-0.3, -0.25) is 0 Å². The normalized spacial score (nSPS) is 15.1. The van der Waals surface area contributed by atoms with Crippen LogP contribution in [0.3, 0.4) is 0 Å². The average Bonchev–Trinajstić information content (AvgIpc) is 1.78. The number of carbonyl (C=O) groups excluding carboxylic acids is 1. The zero-order valence-corrected chi connectivity index (χ0v) is 11.3. The third-order valence-corrected chi connectivity index (χ3v) is 2.33. The Bertz CT molecular complexity index is 200. The van der Waals surface area contributed by atoms with Crippen LogP contribution in [0, 0.1) is 0 Å². The molecule has 0 aliphatic carbocycles. The Morgan fingerprint density at radius 2 is 1.64 bits per heavy atom. The summed E-state index contributed by atoms with van der Waals surface area (Å²) in [5, 5.41) is 0. The van der Waals surface area contributed by atoms with Gasteiger partial charge in [-0.25, -0.2) is 4.79 Å². The summed E-state index contributed by atoms with van der Waals surface area (Å²) in [5.74, 6) is -0.278. The Morgan fingerprint density at radius 1 is 1.21 bits per heavy atom. The summed E-state index contributed by atoms with van der Waals surface area (Å²) in [7, 11) is -1.66. The first-order chi connectivity index (χ1) is 6.01. The van der Waals surface area contributed by atoms with E-state index < -0.39 is 20.0 Å². The van der Waals surface area contributed by atoms with Crippen LogP contribution in [0.1, 0.15) is 27.7 Å². The van der Waals surface area contributed by atoms with E-state index in [0.717, 1.165) is 0 Å². The number of esters is 1. The third kappa shape index (κ3) is 7.09. The summed E-state index contributed by atoms with van der Waals surface area (Å²) in [4.78, 5) is 11.5. The van der Waals surface area contributed by atoms with Gasteiger partial charge in [-0.1, -0.05) is 0 Å². The number of rotatable bonds is 3. The molecule has 0 aromatic heterocycles. The number of hydrogen-bond acceptors (Lipinski definition) is 3. The van der Waals surface area contributed by atoms with Gasteiger partial charge in [0.05, 0.1) is 0 Å². The summed E-state index contributed by atoms with van der Waals surface area (Å²) < 4.78 is 10.8. The standard InChI is InChI=1S/C10H22O3Si/c1-8(13-14(5,6)7)9(11)12-10(2,3)4/h8H,1-7H3. The van der Waals surface area contributed by atoms with Crippen molar-refractivity contribution in [3.63, 3.8) is 0 Å². The van der Waals surface area contributed by atoms with E-state index >= 15 is 0 Å². The SMILES string of the molecule is CC(O[Si](C)(C)C)C(=O)OC(C)(C)C. The molecular formula is C10H22O3Si. The molecule has 0 saturated heterocycles. The maximum atomic E-state index is 11.5. The molecule has 0 rings (SSSR count). The van der Waals surface area contributed by atoms with Crippen molar-refractivity contribution in [1.82, 2.24) is 0 Å². The van der Waals surface area contributed by atoms with E-state index in [-0.39, 0.29) is 5.97 Å². The van der Waals surface area contributed by atoms with Crippen molar-refractivity contribution in [3.05, 3.63) is 0 Å². The second-order valence-corrected chi connectivity index (χ2v) is 9.87. The smallest absolute Gasteiger partial charge is 0.334 e. The van der Waals surface area contributed by atoms with E-state index in [1.165, 1.54) is 0 Å². The Morgan fingerprint density at radius 3 is 1.93 bits per heavy atom. The third-order valence-electron chi connectivity index (χ3n) is 1.27. The van der Waals surface area contributed by atoms with Crippen molar-refractivity contribution < 1.29 is 14.0 Å². The molecule has 14 heavy (non-hydrogen) atoms. The van der Waals surface area contributed by atoms with Gasteiger partial charge in [0.2, 0.25) is 0 Å². The molecule has 0 heterocycles. The lowest BCUT2D eigenvalue weighted by Gasteiger charge is -2.26. The van der Waals surface area contributed by atoms with Crippen molar-refractivity contribution in [2.45, 2.75) is 59.0 Å². The van der Waals surface area contributed by atoms with Crippen LogP contribution in [0.25, 0.3) is 0 Å². The fourth-order valence-electron chi connectivity index (χ4n) is 0.963. The molecule has 1 unspecified atom stereocenters. The lowest BCUT2D eigenvalue weighted by atomic mass is 10.2. The first kappa shape index (κ1) is 13.6. The molecule has 0 amide bonds. The molecule has 0 aromatic carbocycles. The highest BCUT2D eigenvalue weighted by atomic mass is 28.4. The predicted molar refractivity (Wildman–Crippen MR) is 59.7 cm³/mol. The summed E-state index contributed by atoms with van der Waals surface area (Å²) in [5.41, 5.74) is -0.436. The zero-order valence-electron chi connectivity index (χ0n) is 10.3. The van der Waals surface area contributed by atoms with Crippen molar-refractivity contribution in [2.24, 2.45) is 0 Å². The van der Waals surface area contributed by atoms with Crippen LogP contribution in [0.5, 0.6) is 0 Å². The maximum absolute atomic E-state index is 11.5. The maximum Gasteiger partial charge on any atom is 0.334 e. The Balaban J connectivity index is 4.15. The van der Waals surface area contributed by atoms with E-state index in [1.807, 2.05) is 40.4 Å². The molecule has 3 nitrogen and oxygen atoms in total. The molecule has 0 fully saturated rings. The summed E-state index contributed by atoms with van der Waals surface area (Å²) in [6.45, 7) is 13.5. The first-order valence-corrected chi connectivity index (χ1v) is 8.33. The minimum absolute atomic E-state index is 0.278. The number of ether oxygens (including phenoxy) is 1. The summed E-state index contributed by atoms with van der Waals surface area (Å²) >= 11 is 0. The van der Waals surface area contributed by atoms with Crippen LogP contribution >= 0.6 is 0 Å². The Labute approximate surface area is 87.9 Å².